The van der Waals surface area contributed by atoms with Crippen LogP contribution in [-0.2, 0) is 0 Å². The number of aromatic hydroxyl groups is 1. The van der Waals surface area contributed by atoms with Crippen LogP contribution in [0.2, 0.25) is 0 Å². The lowest BCUT2D eigenvalue weighted by Crippen LogP contribution is -2.02. The first-order valence-corrected chi connectivity index (χ1v) is 6.07. The van der Waals surface area contributed by atoms with Crippen LogP contribution < -0.4 is 5.43 Å². The highest BCUT2D eigenvalue weighted by Crippen LogP contribution is 2.28. The normalized spacial score (nSPS) is 10.7. The number of benzene rings is 2. The summed E-state index contributed by atoms with van der Waals surface area (Å²) in [4.78, 5) is 22.5. The highest BCUT2D eigenvalue weighted by atomic mass is 16.6. The van der Waals surface area contributed by atoms with Crippen LogP contribution in [0.4, 0.5) is 5.69 Å². The summed E-state index contributed by atoms with van der Waals surface area (Å²) >= 11 is 0. The van der Waals surface area contributed by atoms with Crippen LogP contribution in [0, 0.1) is 10.1 Å². The number of phenols is 1. The van der Waals surface area contributed by atoms with Crippen molar-refractivity contribution in [3.05, 3.63) is 68.9 Å². The zero-order valence-electron chi connectivity index (χ0n) is 10.6. The van der Waals surface area contributed by atoms with E-state index in [0.29, 0.717) is 5.56 Å². The van der Waals surface area contributed by atoms with Gasteiger partial charge >= 0.3 is 5.69 Å². The molecule has 2 aromatic carbocycles. The minimum Gasteiger partial charge on any atom is -0.508 e. The Morgan fingerprint density at radius 2 is 1.81 bits per heavy atom. The van der Waals surface area contributed by atoms with Crippen LogP contribution in [0.5, 0.6) is 5.75 Å². The van der Waals surface area contributed by atoms with Gasteiger partial charge in [0.25, 0.3) is 0 Å². The zero-order valence-corrected chi connectivity index (χ0v) is 10.6. The standard InChI is InChI=1S/C15H9NO5/c17-10-6-4-9(5-7-10)14-8-13(18)11-2-1-3-12(16(19)20)15(11)21-14/h1-8,17H. The fourth-order valence-electron chi connectivity index (χ4n) is 2.07. The van der Waals surface area contributed by atoms with E-state index in [2.05, 4.69) is 0 Å². The summed E-state index contributed by atoms with van der Waals surface area (Å²) in [6, 6.07) is 11.5. The van der Waals surface area contributed by atoms with Gasteiger partial charge in [-0.15, -0.1) is 0 Å². The molecule has 0 aliphatic heterocycles. The maximum absolute atomic E-state index is 12.1. The molecular weight excluding hydrogens is 274 g/mol. The number of nitro groups is 1. The van der Waals surface area contributed by atoms with Crippen molar-refractivity contribution in [3.8, 4) is 17.1 Å². The lowest BCUT2D eigenvalue weighted by molar-refractivity contribution is -0.383. The Labute approximate surface area is 118 Å². The van der Waals surface area contributed by atoms with E-state index >= 15 is 0 Å². The Morgan fingerprint density at radius 1 is 1.10 bits per heavy atom. The monoisotopic (exact) mass is 283 g/mol. The van der Waals surface area contributed by atoms with Crippen molar-refractivity contribution in [1.82, 2.24) is 0 Å². The first kappa shape index (κ1) is 12.9. The second-order valence-corrected chi connectivity index (χ2v) is 4.43. The van der Waals surface area contributed by atoms with Crippen molar-refractivity contribution in [3.63, 3.8) is 0 Å². The van der Waals surface area contributed by atoms with Gasteiger partial charge in [-0.2, -0.15) is 0 Å². The molecule has 0 spiro atoms. The lowest BCUT2D eigenvalue weighted by Gasteiger charge is -2.03. The molecule has 0 fully saturated rings. The number of rotatable bonds is 2. The van der Waals surface area contributed by atoms with Crippen LogP contribution in [0.3, 0.4) is 0 Å². The molecule has 6 heteroatoms. The summed E-state index contributed by atoms with van der Waals surface area (Å²) in [6.07, 6.45) is 0. The Kier molecular flexibility index (Phi) is 2.91. The molecule has 21 heavy (non-hydrogen) atoms. The molecule has 1 N–H and O–H groups in total. The summed E-state index contributed by atoms with van der Waals surface area (Å²) in [5.74, 6) is 0.287. The van der Waals surface area contributed by atoms with E-state index in [9.17, 15) is 20.0 Å². The molecule has 3 rings (SSSR count). The second-order valence-electron chi connectivity index (χ2n) is 4.43. The van der Waals surface area contributed by atoms with E-state index in [1.165, 1.54) is 36.4 Å². The van der Waals surface area contributed by atoms with Crippen molar-refractivity contribution in [2.45, 2.75) is 0 Å². The first-order chi connectivity index (χ1) is 10.1. The number of hydrogen-bond donors (Lipinski definition) is 1. The molecule has 0 amide bonds. The van der Waals surface area contributed by atoms with Gasteiger partial charge in [-0.25, -0.2) is 0 Å². The average molecular weight is 283 g/mol. The minimum atomic E-state index is -0.591. The van der Waals surface area contributed by atoms with Crippen molar-refractivity contribution in [1.29, 1.82) is 0 Å². The highest BCUT2D eigenvalue weighted by molar-refractivity contribution is 5.86. The third-order valence-electron chi connectivity index (χ3n) is 3.08. The second kappa shape index (κ2) is 4.75. The molecule has 0 aliphatic rings. The van der Waals surface area contributed by atoms with Crippen molar-refractivity contribution < 1.29 is 14.4 Å². The minimum absolute atomic E-state index is 0.0573. The number of phenolic OH excluding ortho intramolecular Hbond substituents is 1. The molecule has 0 bridgehead atoms. The van der Waals surface area contributed by atoms with Gasteiger partial charge in [0.05, 0.1) is 10.3 Å². The van der Waals surface area contributed by atoms with Crippen LogP contribution >= 0.6 is 0 Å². The largest absolute Gasteiger partial charge is 0.508 e. The van der Waals surface area contributed by atoms with Gasteiger partial charge in [-0.05, 0) is 30.3 Å². The van der Waals surface area contributed by atoms with E-state index < -0.39 is 4.92 Å². The number of fused-ring (bicyclic) bond motifs is 1. The summed E-state index contributed by atoms with van der Waals surface area (Å²) < 4.78 is 5.54. The molecule has 0 saturated carbocycles. The summed E-state index contributed by atoms with van der Waals surface area (Å²) in [5.41, 5.74) is -0.128. The van der Waals surface area contributed by atoms with E-state index in [1.807, 2.05) is 0 Å². The molecule has 0 unspecified atom stereocenters. The van der Waals surface area contributed by atoms with Gasteiger partial charge in [0.1, 0.15) is 11.5 Å². The quantitative estimate of drug-likeness (QED) is 0.576. The van der Waals surface area contributed by atoms with E-state index in [0.717, 1.165) is 0 Å². The average Bonchev–Trinajstić information content (AvgIpc) is 2.47. The number of non-ortho nitro benzene ring substituents is 1. The third-order valence-corrected chi connectivity index (χ3v) is 3.08. The van der Waals surface area contributed by atoms with E-state index in [4.69, 9.17) is 4.42 Å². The lowest BCUT2D eigenvalue weighted by atomic mass is 10.1. The number of nitrogens with zero attached hydrogens (tertiary/aromatic N) is 1. The Bertz CT molecular complexity index is 896. The number of para-hydroxylation sites is 1. The van der Waals surface area contributed by atoms with Crippen LogP contribution in [0.1, 0.15) is 0 Å². The Balaban J connectivity index is 2.31. The maximum atomic E-state index is 12.1. The van der Waals surface area contributed by atoms with Gasteiger partial charge < -0.3 is 9.52 Å². The molecule has 0 aliphatic carbocycles. The molecule has 0 radical (unpaired) electrons. The van der Waals surface area contributed by atoms with Crippen molar-refractivity contribution in [2.24, 2.45) is 0 Å². The van der Waals surface area contributed by atoms with Gasteiger partial charge in [-0.3, -0.25) is 14.9 Å². The highest BCUT2D eigenvalue weighted by Gasteiger charge is 2.17. The molecule has 104 valence electrons. The number of nitro benzene ring substituents is 1. The molecule has 1 heterocycles. The van der Waals surface area contributed by atoms with Gasteiger partial charge in [0.15, 0.2) is 5.43 Å². The maximum Gasteiger partial charge on any atom is 0.312 e. The Morgan fingerprint density at radius 3 is 2.48 bits per heavy atom. The zero-order chi connectivity index (χ0) is 15.0. The van der Waals surface area contributed by atoms with Gasteiger partial charge in [0, 0.05) is 17.7 Å². The van der Waals surface area contributed by atoms with Crippen LogP contribution in [-0.4, -0.2) is 10.0 Å². The van der Waals surface area contributed by atoms with Gasteiger partial charge in [-0.1, -0.05) is 6.07 Å². The molecule has 0 atom stereocenters. The predicted octanol–water partition coefficient (Wildman–Crippen LogP) is 3.07. The fraction of sp³-hybridized carbons (Fsp3) is 0. The molecule has 0 saturated heterocycles. The molecule has 1 aromatic heterocycles. The Hall–Kier alpha value is -3.15. The SMILES string of the molecule is O=c1cc(-c2ccc(O)cc2)oc2c([N+](=O)[O-])cccc12. The summed E-state index contributed by atoms with van der Waals surface area (Å²) in [7, 11) is 0. The van der Waals surface area contributed by atoms with Crippen molar-refractivity contribution >= 4 is 16.7 Å². The summed E-state index contributed by atoms with van der Waals surface area (Å²) in [6.45, 7) is 0. The van der Waals surface area contributed by atoms with Crippen molar-refractivity contribution in [2.75, 3.05) is 0 Å². The fourth-order valence-corrected chi connectivity index (χ4v) is 2.07. The first-order valence-electron chi connectivity index (χ1n) is 6.07. The van der Waals surface area contributed by atoms with E-state index in [1.54, 1.807) is 12.1 Å². The van der Waals surface area contributed by atoms with Gasteiger partial charge in [0.2, 0.25) is 5.58 Å². The van der Waals surface area contributed by atoms with E-state index in [-0.39, 0.29) is 33.6 Å². The predicted molar refractivity (Wildman–Crippen MR) is 76.2 cm³/mol. The smallest absolute Gasteiger partial charge is 0.312 e. The van der Waals surface area contributed by atoms with Crippen LogP contribution in [0.15, 0.2) is 57.7 Å². The topological polar surface area (TPSA) is 93.6 Å². The third kappa shape index (κ3) is 2.23. The molecule has 3 aromatic rings. The molecule has 6 nitrogen and oxygen atoms in total. The summed E-state index contributed by atoms with van der Waals surface area (Å²) in [5, 5.41) is 20.5. The van der Waals surface area contributed by atoms with Crippen LogP contribution in [0.25, 0.3) is 22.3 Å². The molecular formula is C15H9NO5. The number of hydrogen-bond acceptors (Lipinski definition) is 5.